The van der Waals surface area contributed by atoms with E-state index in [2.05, 4.69) is 16.1 Å². The van der Waals surface area contributed by atoms with E-state index in [-0.39, 0.29) is 5.91 Å². The van der Waals surface area contributed by atoms with Gasteiger partial charge in [0.05, 0.1) is 23.6 Å². The molecule has 0 fully saturated rings. The first-order chi connectivity index (χ1) is 13.1. The van der Waals surface area contributed by atoms with Crippen molar-refractivity contribution in [1.82, 2.24) is 0 Å². The number of rotatable bonds is 5. The largest absolute Gasteiger partial charge is 0.465 e. The maximum atomic E-state index is 12.3. The third-order valence-corrected chi connectivity index (χ3v) is 4.59. The van der Waals surface area contributed by atoms with Crippen molar-refractivity contribution in [3.05, 3.63) is 76.0 Å². The van der Waals surface area contributed by atoms with Crippen LogP contribution in [0.25, 0.3) is 0 Å². The van der Waals surface area contributed by atoms with Crippen LogP contribution in [0.3, 0.4) is 0 Å². The van der Waals surface area contributed by atoms with E-state index in [0.29, 0.717) is 32.5 Å². The predicted molar refractivity (Wildman–Crippen MR) is 101 cm³/mol. The molecule has 6 nitrogen and oxygen atoms in total. The van der Waals surface area contributed by atoms with E-state index in [0.717, 1.165) is 11.3 Å². The molecule has 0 bridgehead atoms. The number of nitrogens with one attached hydrogen (secondary N) is 1. The van der Waals surface area contributed by atoms with Gasteiger partial charge in [-0.1, -0.05) is 6.07 Å². The van der Waals surface area contributed by atoms with Gasteiger partial charge < -0.3 is 14.8 Å². The summed E-state index contributed by atoms with van der Waals surface area (Å²) in [6, 6.07) is 18.9. The summed E-state index contributed by atoms with van der Waals surface area (Å²) < 4.78 is 10.3. The Morgan fingerprint density at radius 2 is 1.74 bits per heavy atom. The maximum Gasteiger partial charge on any atom is 0.348 e. The maximum absolute atomic E-state index is 12.3. The Balaban J connectivity index is 1.65. The van der Waals surface area contributed by atoms with Crippen molar-refractivity contribution in [3.63, 3.8) is 0 Å². The van der Waals surface area contributed by atoms with E-state index >= 15 is 0 Å². The summed E-state index contributed by atoms with van der Waals surface area (Å²) in [4.78, 5) is 24.5. The van der Waals surface area contributed by atoms with Crippen molar-refractivity contribution in [2.24, 2.45) is 0 Å². The summed E-state index contributed by atoms with van der Waals surface area (Å²) in [6.07, 6.45) is 0. The number of benzene rings is 2. The fraction of sp³-hybridized carbons (Fsp3) is 0.0500. The summed E-state index contributed by atoms with van der Waals surface area (Å²) in [5.74, 6) is 0.346. The van der Waals surface area contributed by atoms with Crippen LogP contribution in [-0.2, 0) is 4.74 Å². The lowest BCUT2D eigenvalue weighted by molar-refractivity contribution is 0.0606. The summed E-state index contributed by atoms with van der Waals surface area (Å²) in [6.45, 7) is 0. The fourth-order valence-corrected chi connectivity index (χ4v) is 3.05. The second kappa shape index (κ2) is 8.17. The minimum atomic E-state index is -0.471. The quantitative estimate of drug-likeness (QED) is 0.663. The van der Waals surface area contributed by atoms with Crippen LogP contribution in [0, 0.1) is 11.3 Å². The van der Waals surface area contributed by atoms with E-state index < -0.39 is 5.97 Å². The standard InChI is InChI=1S/C20H14N2O4S/c1-25-20(24)18-10-9-17(27-18)19(23)22-14-5-7-15(8-6-14)26-16-4-2-3-13(11-16)12-21/h2-11H,1H3,(H,22,23). The molecule has 3 aromatic rings. The molecule has 27 heavy (non-hydrogen) atoms. The van der Waals surface area contributed by atoms with E-state index in [1.54, 1.807) is 60.7 Å². The number of nitrogens with zero attached hydrogens (tertiary/aromatic N) is 1. The van der Waals surface area contributed by atoms with E-state index in [9.17, 15) is 9.59 Å². The van der Waals surface area contributed by atoms with Gasteiger partial charge >= 0.3 is 5.97 Å². The molecule has 3 rings (SSSR count). The minimum Gasteiger partial charge on any atom is -0.465 e. The molecule has 0 saturated heterocycles. The highest BCUT2D eigenvalue weighted by molar-refractivity contribution is 7.16. The van der Waals surface area contributed by atoms with Crippen LogP contribution in [0.1, 0.15) is 24.9 Å². The Bertz CT molecular complexity index is 1020. The molecule has 0 aliphatic carbocycles. The van der Waals surface area contributed by atoms with E-state index in [4.69, 9.17) is 10.00 Å². The molecule has 0 unspecified atom stereocenters. The normalized spacial score (nSPS) is 9.93. The van der Waals surface area contributed by atoms with Gasteiger partial charge in [-0.25, -0.2) is 4.79 Å². The summed E-state index contributed by atoms with van der Waals surface area (Å²) in [7, 11) is 1.29. The minimum absolute atomic E-state index is 0.314. The van der Waals surface area contributed by atoms with Gasteiger partial charge in [0.25, 0.3) is 5.91 Å². The van der Waals surface area contributed by atoms with E-state index in [1.165, 1.54) is 7.11 Å². The first kappa shape index (κ1) is 18.2. The van der Waals surface area contributed by atoms with Crippen LogP contribution in [0.15, 0.2) is 60.7 Å². The average molecular weight is 378 g/mol. The number of hydrogen-bond donors (Lipinski definition) is 1. The van der Waals surface area contributed by atoms with Crippen LogP contribution in [0.4, 0.5) is 5.69 Å². The molecule has 134 valence electrons. The molecule has 0 aliphatic rings. The number of ether oxygens (including phenoxy) is 2. The molecule has 1 amide bonds. The lowest BCUT2D eigenvalue weighted by atomic mass is 10.2. The molecular weight excluding hydrogens is 364 g/mol. The van der Waals surface area contributed by atoms with Crippen LogP contribution >= 0.6 is 11.3 Å². The van der Waals surface area contributed by atoms with Crippen LogP contribution in [0.5, 0.6) is 11.5 Å². The molecule has 7 heteroatoms. The van der Waals surface area contributed by atoms with E-state index in [1.807, 2.05) is 0 Å². The number of anilines is 1. The third kappa shape index (κ3) is 4.51. The molecular formula is C20H14N2O4S. The van der Waals surface area contributed by atoms with Crippen LogP contribution in [0.2, 0.25) is 0 Å². The highest BCUT2D eigenvalue weighted by atomic mass is 32.1. The molecule has 1 heterocycles. The lowest BCUT2D eigenvalue weighted by Gasteiger charge is -2.08. The smallest absolute Gasteiger partial charge is 0.348 e. The molecule has 0 spiro atoms. The number of methoxy groups -OCH3 is 1. The third-order valence-electron chi connectivity index (χ3n) is 3.53. The van der Waals surface area contributed by atoms with Gasteiger partial charge in [0, 0.05) is 5.69 Å². The number of esters is 1. The van der Waals surface area contributed by atoms with Gasteiger partial charge in [0.2, 0.25) is 0 Å². The van der Waals surface area contributed by atoms with Crippen molar-refractivity contribution in [1.29, 1.82) is 5.26 Å². The van der Waals surface area contributed by atoms with Gasteiger partial charge in [0.15, 0.2) is 0 Å². The number of thiophene rings is 1. The molecule has 0 saturated carbocycles. The highest BCUT2D eigenvalue weighted by Gasteiger charge is 2.14. The molecule has 0 radical (unpaired) electrons. The number of carbonyl (C=O) groups excluding carboxylic acids is 2. The van der Waals surface area contributed by atoms with Crippen LogP contribution < -0.4 is 10.1 Å². The number of carbonyl (C=O) groups is 2. The fourth-order valence-electron chi connectivity index (χ4n) is 2.23. The Kier molecular flexibility index (Phi) is 5.50. The van der Waals surface area contributed by atoms with Gasteiger partial charge in [-0.05, 0) is 54.6 Å². The van der Waals surface area contributed by atoms with Crippen molar-refractivity contribution in [2.45, 2.75) is 0 Å². The van der Waals surface area contributed by atoms with Crippen LogP contribution in [-0.4, -0.2) is 19.0 Å². The predicted octanol–water partition coefficient (Wildman–Crippen LogP) is 4.45. The zero-order chi connectivity index (χ0) is 19.2. The molecule has 1 N–H and O–H groups in total. The van der Waals surface area contributed by atoms with Crippen molar-refractivity contribution < 1.29 is 19.1 Å². The SMILES string of the molecule is COC(=O)c1ccc(C(=O)Nc2ccc(Oc3cccc(C#N)c3)cc2)s1. The number of amides is 1. The zero-order valence-electron chi connectivity index (χ0n) is 14.3. The Hall–Kier alpha value is -3.63. The zero-order valence-corrected chi connectivity index (χ0v) is 15.1. The second-order valence-electron chi connectivity index (χ2n) is 5.38. The number of nitriles is 1. The summed E-state index contributed by atoms with van der Waals surface area (Å²) in [5, 5.41) is 11.7. The number of hydrogen-bond acceptors (Lipinski definition) is 6. The van der Waals surface area contributed by atoms with Gasteiger partial charge in [-0.15, -0.1) is 11.3 Å². The van der Waals surface area contributed by atoms with Gasteiger partial charge in [-0.2, -0.15) is 5.26 Å². The van der Waals surface area contributed by atoms with Gasteiger partial charge in [-0.3, -0.25) is 4.79 Å². The van der Waals surface area contributed by atoms with Gasteiger partial charge in [0.1, 0.15) is 16.4 Å². The second-order valence-corrected chi connectivity index (χ2v) is 6.46. The Morgan fingerprint density at radius 3 is 2.44 bits per heavy atom. The molecule has 1 aromatic heterocycles. The Morgan fingerprint density at radius 1 is 1.00 bits per heavy atom. The monoisotopic (exact) mass is 378 g/mol. The van der Waals surface area contributed by atoms with Crippen molar-refractivity contribution in [2.75, 3.05) is 12.4 Å². The first-order valence-electron chi connectivity index (χ1n) is 7.86. The van der Waals surface area contributed by atoms with Crippen molar-refractivity contribution >= 4 is 28.9 Å². The molecule has 0 aliphatic heterocycles. The lowest BCUT2D eigenvalue weighted by Crippen LogP contribution is -2.09. The topological polar surface area (TPSA) is 88.4 Å². The summed E-state index contributed by atoms with van der Waals surface area (Å²) >= 11 is 1.06. The van der Waals surface area contributed by atoms with Crippen molar-refractivity contribution in [3.8, 4) is 17.6 Å². The Labute approximate surface area is 159 Å². The molecule has 0 atom stereocenters. The molecule has 2 aromatic carbocycles. The average Bonchev–Trinajstić information content (AvgIpc) is 3.19. The summed E-state index contributed by atoms with van der Waals surface area (Å²) in [5.41, 5.74) is 1.10. The first-order valence-corrected chi connectivity index (χ1v) is 8.68. The highest BCUT2D eigenvalue weighted by Crippen LogP contribution is 2.24.